The summed E-state index contributed by atoms with van der Waals surface area (Å²) in [6.45, 7) is 2.21. The van der Waals surface area contributed by atoms with Gasteiger partial charge in [0.15, 0.2) is 0 Å². The van der Waals surface area contributed by atoms with Crippen LogP contribution in [-0.4, -0.2) is 34.8 Å². The number of anilines is 1. The summed E-state index contributed by atoms with van der Waals surface area (Å²) in [4.78, 5) is 6.35. The molecule has 3 N–H and O–H groups in total. The van der Waals surface area contributed by atoms with Gasteiger partial charge in [-0.2, -0.15) is 0 Å². The molecule has 0 aromatic carbocycles. The van der Waals surface area contributed by atoms with Crippen LogP contribution in [0.5, 0.6) is 0 Å². The normalized spacial score (nSPS) is 12.2. The van der Waals surface area contributed by atoms with Gasteiger partial charge in [-0.05, 0) is 19.1 Å². The van der Waals surface area contributed by atoms with Crippen LogP contribution in [0.2, 0.25) is 0 Å². The highest BCUT2D eigenvalue weighted by Gasteiger charge is 2.11. The summed E-state index contributed by atoms with van der Waals surface area (Å²) in [6, 6.07) is 3.61. The van der Waals surface area contributed by atoms with Crippen LogP contribution >= 0.6 is 12.2 Å². The Bertz CT molecular complexity index is 354. The smallest absolute Gasteiger partial charge is 0.138 e. The van der Waals surface area contributed by atoms with Gasteiger partial charge in [-0.25, -0.2) is 4.98 Å². The van der Waals surface area contributed by atoms with E-state index < -0.39 is 6.10 Å². The molecular formula is C10H15N3OS. The number of pyridine rings is 1. The number of likely N-dealkylation sites (N-methyl/N-ethyl adjacent to an activating group) is 1. The van der Waals surface area contributed by atoms with E-state index in [0.717, 1.165) is 5.56 Å². The lowest BCUT2D eigenvalue weighted by Gasteiger charge is -2.21. The van der Waals surface area contributed by atoms with Crippen molar-refractivity contribution >= 4 is 23.0 Å². The van der Waals surface area contributed by atoms with Gasteiger partial charge < -0.3 is 15.7 Å². The van der Waals surface area contributed by atoms with Crippen LogP contribution in [0.3, 0.4) is 0 Å². The predicted molar refractivity (Wildman–Crippen MR) is 65.1 cm³/mol. The fraction of sp³-hybridized carbons (Fsp3) is 0.400. The molecule has 0 aliphatic rings. The van der Waals surface area contributed by atoms with Crippen molar-refractivity contribution in [1.29, 1.82) is 0 Å². The molecule has 0 bridgehead atoms. The van der Waals surface area contributed by atoms with E-state index in [0.29, 0.717) is 17.4 Å². The lowest BCUT2D eigenvalue weighted by Crippen LogP contribution is -2.29. The maximum absolute atomic E-state index is 9.28. The standard InChI is InChI=1S/C10H15N3OS/c1-7(14)6-13(2)10-8(9(11)15)4-3-5-12-10/h3-5,7,14H,6H2,1-2H3,(H2,11,15). The summed E-state index contributed by atoms with van der Waals surface area (Å²) in [5, 5.41) is 9.28. The van der Waals surface area contributed by atoms with Crippen molar-refractivity contribution in [3.8, 4) is 0 Å². The minimum Gasteiger partial charge on any atom is -0.392 e. The Morgan fingerprint density at radius 1 is 1.73 bits per heavy atom. The largest absolute Gasteiger partial charge is 0.392 e. The molecule has 4 nitrogen and oxygen atoms in total. The quantitative estimate of drug-likeness (QED) is 0.732. The van der Waals surface area contributed by atoms with E-state index in [1.165, 1.54) is 0 Å². The number of aliphatic hydroxyl groups is 1. The zero-order valence-electron chi connectivity index (χ0n) is 8.84. The molecule has 82 valence electrons. The van der Waals surface area contributed by atoms with Gasteiger partial charge in [0.25, 0.3) is 0 Å². The van der Waals surface area contributed by atoms with Gasteiger partial charge in [-0.1, -0.05) is 12.2 Å². The molecule has 1 aromatic rings. The molecule has 1 aromatic heterocycles. The summed E-state index contributed by atoms with van der Waals surface area (Å²) in [6.07, 6.45) is 1.26. The number of aliphatic hydroxyl groups excluding tert-OH is 1. The number of rotatable bonds is 4. The third-order valence-electron chi connectivity index (χ3n) is 1.95. The van der Waals surface area contributed by atoms with E-state index in [9.17, 15) is 5.11 Å². The number of hydrogen-bond donors (Lipinski definition) is 2. The minimum absolute atomic E-state index is 0.315. The van der Waals surface area contributed by atoms with Crippen LogP contribution in [0.25, 0.3) is 0 Å². The first kappa shape index (κ1) is 11.9. The van der Waals surface area contributed by atoms with Crippen molar-refractivity contribution in [2.24, 2.45) is 5.73 Å². The highest BCUT2D eigenvalue weighted by molar-refractivity contribution is 7.80. The second-order valence-electron chi connectivity index (χ2n) is 3.47. The van der Waals surface area contributed by atoms with Crippen molar-refractivity contribution in [2.45, 2.75) is 13.0 Å². The molecule has 0 spiro atoms. The lowest BCUT2D eigenvalue weighted by atomic mass is 10.2. The molecule has 1 atom stereocenters. The number of thiocarbonyl (C=S) groups is 1. The van der Waals surface area contributed by atoms with Crippen LogP contribution in [0.4, 0.5) is 5.82 Å². The van der Waals surface area contributed by atoms with Gasteiger partial charge >= 0.3 is 0 Å². The van der Waals surface area contributed by atoms with Crippen molar-refractivity contribution in [3.63, 3.8) is 0 Å². The number of nitrogens with two attached hydrogens (primary N) is 1. The van der Waals surface area contributed by atoms with Gasteiger partial charge in [-0.3, -0.25) is 0 Å². The first-order valence-corrected chi connectivity index (χ1v) is 5.07. The molecular weight excluding hydrogens is 210 g/mol. The summed E-state index contributed by atoms with van der Waals surface area (Å²) >= 11 is 4.93. The third-order valence-corrected chi connectivity index (χ3v) is 2.17. The van der Waals surface area contributed by atoms with E-state index in [1.807, 2.05) is 18.0 Å². The van der Waals surface area contributed by atoms with Gasteiger partial charge in [-0.15, -0.1) is 0 Å². The minimum atomic E-state index is -0.420. The Morgan fingerprint density at radius 2 is 2.40 bits per heavy atom. The summed E-state index contributed by atoms with van der Waals surface area (Å²) < 4.78 is 0. The molecule has 0 saturated carbocycles. The Hall–Kier alpha value is -1.20. The van der Waals surface area contributed by atoms with Crippen LogP contribution in [-0.2, 0) is 0 Å². The number of hydrogen-bond acceptors (Lipinski definition) is 4. The van der Waals surface area contributed by atoms with E-state index in [-0.39, 0.29) is 0 Å². The van der Waals surface area contributed by atoms with E-state index >= 15 is 0 Å². The maximum atomic E-state index is 9.28. The fourth-order valence-electron chi connectivity index (χ4n) is 1.38. The molecule has 5 heteroatoms. The maximum Gasteiger partial charge on any atom is 0.138 e. The van der Waals surface area contributed by atoms with Gasteiger partial charge in [0.2, 0.25) is 0 Å². The zero-order valence-corrected chi connectivity index (χ0v) is 9.66. The molecule has 0 radical (unpaired) electrons. The van der Waals surface area contributed by atoms with Crippen LogP contribution in [0, 0.1) is 0 Å². The fourth-order valence-corrected chi connectivity index (χ4v) is 1.54. The number of nitrogens with zero attached hydrogens (tertiary/aromatic N) is 2. The van der Waals surface area contributed by atoms with Crippen molar-refractivity contribution in [2.75, 3.05) is 18.5 Å². The Labute approximate surface area is 94.7 Å². The van der Waals surface area contributed by atoms with Crippen molar-refractivity contribution in [3.05, 3.63) is 23.9 Å². The second kappa shape index (κ2) is 5.04. The zero-order chi connectivity index (χ0) is 11.4. The van der Waals surface area contributed by atoms with Crippen LogP contribution in [0.1, 0.15) is 12.5 Å². The monoisotopic (exact) mass is 225 g/mol. The topological polar surface area (TPSA) is 62.4 Å². The Morgan fingerprint density at radius 3 is 2.93 bits per heavy atom. The molecule has 0 amide bonds. The van der Waals surface area contributed by atoms with E-state index in [2.05, 4.69) is 4.98 Å². The van der Waals surface area contributed by atoms with Crippen molar-refractivity contribution in [1.82, 2.24) is 4.98 Å². The first-order chi connectivity index (χ1) is 7.02. The number of aromatic nitrogens is 1. The summed E-state index contributed by atoms with van der Waals surface area (Å²) in [5.41, 5.74) is 6.32. The summed E-state index contributed by atoms with van der Waals surface area (Å²) in [7, 11) is 1.84. The van der Waals surface area contributed by atoms with Gasteiger partial charge in [0, 0.05) is 19.8 Å². The molecule has 15 heavy (non-hydrogen) atoms. The molecule has 0 fully saturated rings. The molecule has 1 heterocycles. The average Bonchev–Trinajstić information content (AvgIpc) is 2.16. The third kappa shape index (κ3) is 3.14. The lowest BCUT2D eigenvalue weighted by molar-refractivity contribution is 0.201. The first-order valence-electron chi connectivity index (χ1n) is 4.66. The predicted octanol–water partition coefficient (Wildman–Crippen LogP) is 0.533. The molecule has 0 aliphatic heterocycles. The second-order valence-corrected chi connectivity index (χ2v) is 3.91. The van der Waals surface area contributed by atoms with Gasteiger partial charge in [0.1, 0.15) is 10.8 Å². The van der Waals surface area contributed by atoms with Crippen LogP contribution in [0.15, 0.2) is 18.3 Å². The molecule has 0 saturated heterocycles. The van der Waals surface area contributed by atoms with E-state index in [4.69, 9.17) is 18.0 Å². The molecule has 1 rings (SSSR count). The Kier molecular flexibility index (Phi) is 3.99. The van der Waals surface area contributed by atoms with Crippen LogP contribution < -0.4 is 10.6 Å². The van der Waals surface area contributed by atoms with E-state index in [1.54, 1.807) is 19.2 Å². The van der Waals surface area contributed by atoms with Crippen molar-refractivity contribution < 1.29 is 5.11 Å². The summed E-state index contributed by atoms with van der Waals surface area (Å²) in [5.74, 6) is 0.700. The molecule has 1 unspecified atom stereocenters. The highest BCUT2D eigenvalue weighted by Crippen LogP contribution is 2.15. The SMILES string of the molecule is CC(O)CN(C)c1ncccc1C(N)=S. The average molecular weight is 225 g/mol. The Balaban J connectivity index is 2.97. The van der Waals surface area contributed by atoms with Gasteiger partial charge in [0.05, 0.1) is 11.7 Å². The molecule has 0 aliphatic carbocycles. The highest BCUT2D eigenvalue weighted by atomic mass is 32.1.